The summed E-state index contributed by atoms with van der Waals surface area (Å²) in [6, 6.07) is 6.07. The highest BCUT2D eigenvalue weighted by atomic mass is 19.1. The summed E-state index contributed by atoms with van der Waals surface area (Å²) in [5.74, 6) is -0.480. The molecule has 0 saturated heterocycles. The first-order valence-corrected chi connectivity index (χ1v) is 6.09. The molecule has 1 atom stereocenters. The van der Waals surface area contributed by atoms with Gasteiger partial charge in [-0.05, 0) is 30.5 Å². The van der Waals surface area contributed by atoms with E-state index in [0.717, 1.165) is 12.8 Å². The summed E-state index contributed by atoms with van der Waals surface area (Å²) >= 11 is 0. The molecular weight excluding hydrogens is 235 g/mol. The molecular formula is C13H17FN2O2. The Hall–Kier alpha value is -1.46. The van der Waals surface area contributed by atoms with Crippen molar-refractivity contribution in [2.75, 3.05) is 13.1 Å². The fourth-order valence-corrected chi connectivity index (χ4v) is 1.60. The highest BCUT2D eigenvalue weighted by Crippen LogP contribution is 2.18. The molecule has 1 aliphatic rings. The minimum Gasteiger partial charge on any atom is -0.387 e. The summed E-state index contributed by atoms with van der Waals surface area (Å²) in [6.07, 6.45) is 1.45. The summed E-state index contributed by atoms with van der Waals surface area (Å²) < 4.78 is 12.7. The van der Waals surface area contributed by atoms with Crippen LogP contribution in [-0.4, -0.2) is 30.1 Å². The molecule has 0 bridgehead atoms. The van der Waals surface area contributed by atoms with E-state index in [1.165, 1.54) is 24.3 Å². The van der Waals surface area contributed by atoms with E-state index >= 15 is 0 Å². The topological polar surface area (TPSA) is 61.4 Å². The lowest BCUT2D eigenvalue weighted by Crippen LogP contribution is -2.36. The fourth-order valence-electron chi connectivity index (χ4n) is 1.60. The quantitative estimate of drug-likeness (QED) is 0.699. The number of nitrogens with one attached hydrogen (secondary N) is 2. The van der Waals surface area contributed by atoms with E-state index in [9.17, 15) is 14.3 Å². The maximum Gasteiger partial charge on any atom is 0.234 e. The van der Waals surface area contributed by atoms with Gasteiger partial charge in [0.15, 0.2) is 0 Å². The molecule has 1 aromatic rings. The maximum absolute atomic E-state index is 12.7. The van der Waals surface area contributed by atoms with E-state index in [1.807, 2.05) is 0 Å². The molecule has 0 heterocycles. The number of amides is 1. The van der Waals surface area contributed by atoms with Crippen LogP contribution < -0.4 is 10.6 Å². The lowest BCUT2D eigenvalue weighted by molar-refractivity contribution is -0.120. The Labute approximate surface area is 105 Å². The number of benzene rings is 1. The van der Waals surface area contributed by atoms with Crippen LogP contribution in [0.25, 0.3) is 0 Å². The van der Waals surface area contributed by atoms with Crippen LogP contribution in [0.2, 0.25) is 0 Å². The van der Waals surface area contributed by atoms with Crippen LogP contribution in [0.15, 0.2) is 24.3 Å². The minimum atomic E-state index is -0.810. The highest BCUT2D eigenvalue weighted by Gasteiger charge is 2.21. The number of hydrogen-bond donors (Lipinski definition) is 3. The fraction of sp³-hybridized carbons (Fsp3) is 0.462. The Morgan fingerprint density at radius 2 is 2.06 bits per heavy atom. The number of carbonyl (C=O) groups excluding carboxylic acids is 1. The number of aliphatic hydroxyl groups excluding tert-OH is 1. The van der Waals surface area contributed by atoms with Crippen LogP contribution in [0.1, 0.15) is 24.5 Å². The molecule has 5 heteroatoms. The average molecular weight is 252 g/mol. The van der Waals surface area contributed by atoms with Crippen molar-refractivity contribution in [3.63, 3.8) is 0 Å². The van der Waals surface area contributed by atoms with Crippen molar-refractivity contribution < 1.29 is 14.3 Å². The monoisotopic (exact) mass is 252 g/mol. The normalized spacial score (nSPS) is 16.3. The third kappa shape index (κ3) is 4.09. The van der Waals surface area contributed by atoms with Crippen LogP contribution in [0.5, 0.6) is 0 Å². The van der Waals surface area contributed by atoms with Gasteiger partial charge in [0.05, 0.1) is 12.6 Å². The summed E-state index contributed by atoms with van der Waals surface area (Å²) in [4.78, 5) is 11.4. The molecule has 98 valence electrons. The Morgan fingerprint density at radius 1 is 1.39 bits per heavy atom. The largest absolute Gasteiger partial charge is 0.387 e. The maximum atomic E-state index is 12.7. The molecule has 1 saturated carbocycles. The summed E-state index contributed by atoms with van der Waals surface area (Å²) in [7, 11) is 0. The van der Waals surface area contributed by atoms with Crippen molar-refractivity contribution in [3.8, 4) is 0 Å². The van der Waals surface area contributed by atoms with E-state index < -0.39 is 6.10 Å². The molecule has 1 aromatic carbocycles. The van der Waals surface area contributed by atoms with E-state index in [0.29, 0.717) is 11.6 Å². The molecule has 18 heavy (non-hydrogen) atoms. The third-order valence-corrected chi connectivity index (χ3v) is 2.88. The predicted octanol–water partition coefficient (Wildman–Crippen LogP) is 0.727. The zero-order valence-electron chi connectivity index (χ0n) is 10.0. The zero-order chi connectivity index (χ0) is 13.0. The van der Waals surface area contributed by atoms with Gasteiger partial charge in [0.1, 0.15) is 5.82 Å². The molecule has 2 rings (SSSR count). The molecule has 1 aliphatic carbocycles. The first kappa shape index (κ1) is 13.0. The second-order valence-corrected chi connectivity index (χ2v) is 4.53. The molecule has 4 nitrogen and oxygen atoms in total. The van der Waals surface area contributed by atoms with Crippen LogP contribution in [0.3, 0.4) is 0 Å². The highest BCUT2D eigenvalue weighted by molar-refractivity contribution is 5.78. The van der Waals surface area contributed by atoms with Crippen molar-refractivity contribution in [2.24, 2.45) is 0 Å². The Morgan fingerprint density at radius 3 is 2.67 bits per heavy atom. The number of halogens is 1. The second kappa shape index (κ2) is 5.93. The van der Waals surface area contributed by atoms with Gasteiger partial charge in [-0.1, -0.05) is 12.1 Å². The Bertz CT molecular complexity index is 404. The van der Waals surface area contributed by atoms with Gasteiger partial charge in [-0.15, -0.1) is 0 Å². The van der Waals surface area contributed by atoms with Gasteiger partial charge in [-0.2, -0.15) is 0 Å². The standard InChI is InChI=1S/C13H17FN2O2/c14-10-3-1-9(2-4-10)12(17)7-16-13(18)8-15-11-5-6-11/h1-4,11-12,15,17H,5-8H2,(H,16,18). The SMILES string of the molecule is O=C(CNC1CC1)NCC(O)c1ccc(F)cc1. The van der Waals surface area contributed by atoms with Crippen LogP contribution in [-0.2, 0) is 4.79 Å². The number of rotatable bonds is 6. The number of hydrogen-bond acceptors (Lipinski definition) is 3. The number of aliphatic hydroxyl groups is 1. The first-order chi connectivity index (χ1) is 8.65. The third-order valence-electron chi connectivity index (χ3n) is 2.88. The van der Waals surface area contributed by atoms with Crippen LogP contribution in [0, 0.1) is 5.82 Å². The first-order valence-electron chi connectivity index (χ1n) is 6.09. The summed E-state index contributed by atoms with van der Waals surface area (Å²) in [6.45, 7) is 0.414. The molecule has 0 spiro atoms. The molecule has 0 radical (unpaired) electrons. The molecule has 0 aromatic heterocycles. The van der Waals surface area contributed by atoms with Gasteiger partial charge < -0.3 is 15.7 Å². The van der Waals surface area contributed by atoms with E-state index in [2.05, 4.69) is 10.6 Å². The van der Waals surface area contributed by atoms with Gasteiger partial charge in [-0.25, -0.2) is 4.39 Å². The lowest BCUT2D eigenvalue weighted by atomic mass is 10.1. The van der Waals surface area contributed by atoms with Gasteiger partial charge in [0.2, 0.25) is 5.91 Å². The van der Waals surface area contributed by atoms with Crippen molar-refractivity contribution in [3.05, 3.63) is 35.6 Å². The van der Waals surface area contributed by atoms with E-state index in [-0.39, 0.29) is 24.8 Å². The van der Waals surface area contributed by atoms with Gasteiger partial charge in [0, 0.05) is 12.6 Å². The van der Waals surface area contributed by atoms with Gasteiger partial charge in [0.25, 0.3) is 0 Å². The summed E-state index contributed by atoms with van der Waals surface area (Å²) in [5.41, 5.74) is 0.590. The van der Waals surface area contributed by atoms with Crippen molar-refractivity contribution >= 4 is 5.91 Å². The van der Waals surface area contributed by atoms with Crippen LogP contribution >= 0.6 is 0 Å². The average Bonchev–Trinajstić information content (AvgIpc) is 3.18. The Kier molecular flexibility index (Phi) is 4.28. The van der Waals surface area contributed by atoms with Gasteiger partial charge in [-0.3, -0.25) is 4.79 Å². The molecule has 1 unspecified atom stereocenters. The van der Waals surface area contributed by atoms with Crippen molar-refractivity contribution in [1.29, 1.82) is 0 Å². The number of carbonyl (C=O) groups is 1. The smallest absolute Gasteiger partial charge is 0.234 e. The lowest BCUT2D eigenvalue weighted by Gasteiger charge is -2.12. The Balaban J connectivity index is 1.71. The van der Waals surface area contributed by atoms with E-state index in [1.54, 1.807) is 0 Å². The van der Waals surface area contributed by atoms with Crippen molar-refractivity contribution in [1.82, 2.24) is 10.6 Å². The molecule has 0 aliphatic heterocycles. The zero-order valence-corrected chi connectivity index (χ0v) is 10.0. The second-order valence-electron chi connectivity index (χ2n) is 4.53. The minimum absolute atomic E-state index is 0.136. The van der Waals surface area contributed by atoms with E-state index in [4.69, 9.17) is 0 Å². The van der Waals surface area contributed by atoms with Crippen LogP contribution in [0.4, 0.5) is 4.39 Å². The summed E-state index contributed by atoms with van der Waals surface area (Å²) in [5, 5.41) is 15.5. The van der Waals surface area contributed by atoms with Crippen molar-refractivity contribution in [2.45, 2.75) is 25.0 Å². The van der Waals surface area contributed by atoms with Gasteiger partial charge >= 0.3 is 0 Å². The molecule has 1 fully saturated rings. The predicted molar refractivity (Wildman–Crippen MR) is 65.4 cm³/mol. The molecule has 3 N–H and O–H groups in total. The molecule has 1 amide bonds.